The molecule has 1 N–H and O–H groups in total. The highest BCUT2D eigenvalue weighted by molar-refractivity contribution is 9.10. The van der Waals surface area contributed by atoms with E-state index in [0.29, 0.717) is 6.54 Å². The Hall–Kier alpha value is -1.07. The van der Waals surface area contributed by atoms with E-state index in [1.807, 2.05) is 23.0 Å². The highest BCUT2D eigenvalue weighted by atomic mass is 79.9. The second-order valence-corrected chi connectivity index (χ2v) is 5.41. The first kappa shape index (κ1) is 14.3. The Kier molecular flexibility index (Phi) is 4.47. The fourth-order valence-corrected chi connectivity index (χ4v) is 2.97. The molecule has 0 aliphatic rings. The Balaban J connectivity index is 2.37. The van der Waals surface area contributed by atoms with Crippen LogP contribution in [0, 0.1) is 0 Å². The average Bonchev–Trinajstić information content (AvgIpc) is 2.96. The summed E-state index contributed by atoms with van der Waals surface area (Å²) < 4.78 is 5.18. The largest absolute Gasteiger partial charge is 0.387 e. The van der Waals surface area contributed by atoms with Crippen molar-refractivity contribution >= 4 is 15.9 Å². The first-order valence-electron chi connectivity index (χ1n) is 6.65. The van der Waals surface area contributed by atoms with Crippen LogP contribution in [0.3, 0.4) is 0 Å². The van der Waals surface area contributed by atoms with Crippen LogP contribution in [0.15, 0.2) is 22.8 Å². The Morgan fingerprint density at radius 3 is 2.74 bits per heavy atom. The number of nitrogens with zero attached hydrogens (tertiary/aromatic N) is 3. The van der Waals surface area contributed by atoms with Crippen LogP contribution in [0.5, 0.6) is 0 Å². The molecule has 2 heterocycles. The van der Waals surface area contributed by atoms with Crippen molar-refractivity contribution in [3.63, 3.8) is 0 Å². The summed E-state index contributed by atoms with van der Waals surface area (Å²) in [6, 6.07) is 3.91. The van der Waals surface area contributed by atoms with E-state index in [0.717, 1.165) is 34.5 Å². The Bertz CT molecular complexity index is 557. The Labute approximate surface area is 122 Å². The van der Waals surface area contributed by atoms with E-state index in [2.05, 4.69) is 39.4 Å². The predicted octanol–water partition coefficient (Wildman–Crippen LogP) is 3.13. The molecule has 0 aromatic carbocycles. The van der Waals surface area contributed by atoms with Crippen LogP contribution in [0.2, 0.25) is 0 Å². The number of hydrogen-bond donors (Lipinski definition) is 1. The topological polar surface area (TPSA) is 43.0 Å². The fraction of sp³-hybridized carbons (Fsp3) is 0.500. The number of halogens is 1. The van der Waals surface area contributed by atoms with Gasteiger partial charge in [0.15, 0.2) is 0 Å². The van der Waals surface area contributed by atoms with Gasteiger partial charge in [-0.05, 0) is 48.3 Å². The molecule has 0 radical (unpaired) electrons. The molecule has 0 fully saturated rings. The van der Waals surface area contributed by atoms with Crippen molar-refractivity contribution in [1.29, 1.82) is 0 Å². The molecule has 2 aromatic rings. The summed E-state index contributed by atoms with van der Waals surface area (Å²) in [5, 5.41) is 14.4. The van der Waals surface area contributed by atoms with Gasteiger partial charge in [-0.3, -0.25) is 4.68 Å². The quantitative estimate of drug-likeness (QED) is 0.917. The van der Waals surface area contributed by atoms with Crippen molar-refractivity contribution in [2.45, 2.75) is 46.4 Å². The molecule has 104 valence electrons. The lowest BCUT2D eigenvalue weighted by molar-refractivity contribution is 0.189. The average molecular weight is 326 g/mol. The minimum absolute atomic E-state index is 0.461. The van der Waals surface area contributed by atoms with Gasteiger partial charge < -0.3 is 9.67 Å². The normalized spacial score (nSPS) is 12.9. The van der Waals surface area contributed by atoms with Crippen LogP contribution < -0.4 is 0 Å². The third kappa shape index (κ3) is 2.77. The van der Waals surface area contributed by atoms with Crippen molar-refractivity contribution in [2.75, 3.05) is 0 Å². The molecule has 1 unspecified atom stereocenters. The van der Waals surface area contributed by atoms with Crippen molar-refractivity contribution < 1.29 is 5.11 Å². The van der Waals surface area contributed by atoms with Crippen LogP contribution in [0.1, 0.15) is 44.0 Å². The number of rotatable bonds is 5. The van der Waals surface area contributed by atoms with Gasteiger partial charge in [0.25, 0.3) is 0 Å². The van der Waals surface area contributed by atoms with Gasteiger partial charge in [-0.2, -0.15) is 5.10 Å². The molecular weight excluding hydrogens is 306 g/mol. The minimum atomic E-state index is -0.461. The second kappa shape index (κ2) is 5.92. The lowest BCUT2D eigenvalue weighted by Gasteiger charge is -2.12. The van der Waals surface area contributed by atoms with Gasteiger partial charge in [0.1, 0.15) is 0 Å². The van der Waals surface area contributed by atoms with E-state index in [1.165, 1.54) is 0 Å². The van der Waals surface area contributed by atoms with Crippen molar-refractivity contribution in [1.82, 2.24) is 14.3 Å². The van der Waals surface area contributed by atoms with Crippen LogP contribution in [-0.4, -0.2) is 19.5 Å². The molecule has 1 atom stereocenters. The van der Waals surface area contributed by atoms with Gasteiger partial charge in [-0.15, -0.1) is 0 Å². The van der Waals surface area contributed by atoms with Gasteiger partial charge in [0, 0.05) is 18.4 Å². The maximum Gasteiger partial charge on any atom is 0.0911 e. The van der Waals surface area contributed by atoms with E-state index in [4.69, 9.17) is 0 Å². The predicted molar refractivity (Wildman–Crippen MR) is 79.1 cm³/mol. The lowest BCUT2D eigenvalue weighted by Crippen LogP contribution is -2.11. The minimum Gasteiger partial charge on any atom is -0.387 e. The van der Waals surface area contributed by atoms with Crippen LogP contribution >= 0.6 is 15.9 Å². The SMILES string of the molecule is CCc1nn(CC)c(Cn2cccc2C(C)O)c1Br. The molecule has 0 aliphatic heterocycles. The molecule has 4 nitrogen and oxygen atoms in total. The fourth-order valence-electron chi connectivity index (χ4n) is 2.28. The second-order valence-electron chi connectivity index (χ2n) is 4.61. The highest BCUT2D eigenvalue weighted by Gasteiger charge is 2.16. The first-order valence-corrected chi connectivity index (χ1v) is 7.44. The zero-order valence-electron chi connectivity index (χ0n) is 11.6. The molecule has 2 aromatic heterocycles. The summed E-state index contributed by atoms with van der Waals surface area (Å²) in [5.74, 6) is 0. The molecule has 0 bridgehead atoms. The highest BCUT2D eigenvalue weighted by Crippen LogP contribution is 2.24. The first-order chi connectivity index (χ1) is 9.08. The lowest BCUT2D eigenvalue weighted by atomic mass is 10.2. The molecule has 0 spiro atoms. The maximum absolute atomic E-state index is 9.76. The van der Waals surface area contributed by atoms with Gasteiger partial charge >= 0.3 is 0 Å². The Morgan fingerprint density at radius 1 is 1.42 bits per heavy atom. The Morgan fingerprint density at radius 2 is 2.16 bits per heavy atom. The smallest absolute Gasteiger partial charge is 0.0911 e. The third-order valence-corrected chi connectivity index (χ3v) is 4.22. The molecule has 5 heteroatoms. The molecule has 2 rings (SSSR count). The van der Waals surface area contributed by atoms with E-state index in [-0.39, 0.29) is 0 Å². The van der Waals surface area contributed by atoms with Crippen molar-refractivity contribution in [3.05, 3.63) is 39.9 Å². The number of aliphatic hydroxyl groups is 1. The van der Waals surface area contributed by atoms with Crippen LogP contribution in [0.4, 0.5) is 0 Å². The van der Waals surface area contributed by atoms with E-state index >= 15 is 0 Å². The van der Waals surface area contributed by atoms with Gasteiger partial charge in [-0.25, -0.2) is 0 Å². The van der Waals surface area contributed by atoms with Crippen molar-refractivity contribution in [3.8, 4) is 0 Å². The molecule has 0 aliphatic carbocycles. The molecule has 0 saturated heterocycles. The van der Waals surface area contributed by atoms with Crippen molar-refractivity contribution in [2.24, 2.45) is 0 Å². The van der Waals surface area contributed by atoms with E-state index < -0.39 is 6.10 Å². The number of aryl methyl sites for hydroxylation is 2. The van der Waals surface area contributed by atoms with Crippen LogP contribution in [0.25, 0.3) is 0 Å². The standard InChI is InChI=1S/C14H20BrN3O/c1-4-11-14(15)13(18(5-2)16-11)9-17-8-6-7-12(17)10(3)19/h6-8,10,19H,4-5,9H2,1-3H3. The van der Waals surface area contributed by atoms with Gasteiger partial charge in [0.2, 0.25) is 0 Å². The molecule has 0 saturated carbocycles. The van der Waals surface area contributed by atoms with Gasteiger partial charge in [0.05, 0.1) is 28.5 Å². The van der Waals surface area contributed by atoms with Gasteiger partial charge in [-0.1, -0.05) is 6.92 Å². The summed E-state index contributed by atoms with van der Waals surface area (Å²) in [7, 11) is 0. The summed E-state index contributed by atoms with van der Waals surface area (Å²) in [6.07, 6.45) is 2.44. The summed E-state index contributed by atoms with van der Waals surface area (Å²) in [6.45, 7) is 7.55. The third-order valence-electron chi connectivity index (χ3n) is 3.31. The number of hydrogen-bond acceptors (Lipinski definition) is 2. The summed E-state index contributed by atoms with van der Waals surface area (Å²) >= 11 is 3.65. The summed E-state index contributed by atoms with van der Waals surface area (Å²) in [5.41, 5.74) is 3.16. The molecular formula is C14H20BrN3O. The van der Waals surface area contributed by atoms with E-state index in [1.54, 1.807) is 6.92 Å². The zero-order valence-corrected chi connectivity index (χ0v) is 13.2. The molecule has 0 amide bonds. The number of aromatic nitrogens is 3. The monoisotopic (exact) mass is 325 g/mol. The van der Waals surface area contributed by atoms with Crippen LogP contribution in [-0.2, 0) is 19.5 Å². The number of aliphatic hydroxyl groups excluding tert-OH is 1. The molecule has 19 heavy (non-hydrogen) atoms. The van der Waals surface area contributed by atoms with E-state index in [9.17, 15) is 5.11 Å². The summed E-state index contributed by atoms with van der Waals surface area (Å²) in [4.78, 5) is 0. The maximum atomic E-state index is 9.76. The zero-order chi connectivity index (χ0) is 14.0.